The standard InChI is InChI=1S/C37H49N5O3/c1-36(2,38)24-14-19-33(43)40(5)31(26-28-20-22-30(23-21-28)29-17-12-9-13-18-29)34(44)41(6)32(25-27-15-10-8-11-16-27)35(45)42(7)37(3,4)39/h8-23,31-32H,24-26,38-39H2,1-7H3/b19-14+/t31-,32-/m1/s1. The Morgan fingerprint density at radius 1 is 0.667 bits per heavy atom. The number of hydrogen-bond acceptors (Lipinski definition) is 5. The molecule has 3 rings (SSSR count). The van der Waals surface area contributed by atoms with Crippen LogP contribution in [0.4, 0.5) is 0 Å². The van der Waals surface area contributed by atoms with Gasteiger partial charge in [-0.3, -0.25) is 14.4 Å². The number of carbonyl (C=O) groups excluding carboxylic acids is 3. The van der Waals surface area contributed by atoms with Gasteiger partial charge in [0.15, 0.2) is 0 Å². The lowest BCUT2D eigenvalue weighted by atomic mass is 9.97. The van der Waals surface area contributed by atoms with Gasteiger partial charge in [0.1, 0.15) is 12.1 Å². The highest BCUT2D eigenvalue weighted by atomic mass is 16.2. The van der Waals surface area contributed by atoms with E-state index in [2.05, 4.69) is 0 Å². The van der Waals surface area contributed by atoms with Crippen LogP contribution in [0.5, 0.6) is 0 Å². The molecule has 0 aromatic heterocycles. The van der Waals surface area contributed by atoms with Crippen LogP contribution < -0.4 is 11.5 Å². The maximum atomic E-state index is 14.4. The first-order chi connectivity index (χ1) is 21.1. The Hall–Kier alpha value is -4.27. The molecule has 0 aliphatic carbocycles. The fourth-order valence-electron chi connectivity index (χ4n) is 4.94. The van der Waals surface area contributed by atoms with Crippen molar-refractivity contribution in [1.82, 2.24) is 14.7 Å². The van der Waals surface area contributed by atoms with E-state index in [1.54, 1.807) is 41.1 Å². The molecule has 240 valence electrons. The molecule has 0 bridgehead atoms. The average molecular weight is 612 g/mol. The Labute approximate surface area is 268 Å². The molecular formula is C37H49N5O3. The van der Waals surface area contributed by atoms with E-state index in [-0.39, 0.29) is 24.1 Å². The van der Waals surface area contributed by atoms with Crippen molar-refractivity contribution in [3.05, 3.63) is 108 Å². The molecule has 0 unspecified atom stereocenters. The molecule has 8 heteroatoms. The molecule has 0 radical (unpaired) electrons. The van der Waals surface area contributed by atoms with E-state index in [1.165, 1.54) is 20.8 Å². The summed E-state index contributed by atoms with van der Waals surface area (Å²) in [7, 11) is 4.89. The number of likely N-dealkylation sites (N-methyl/N-ethyl adjacent to an activating group) is 3. The van der Waals surface area contributed by atoms with Crippen molar-refractivity contribution in [2.24, 2.45) is 11.5 Å². The van der Waals surface area contributed by atoms with Gasteiger partial charge in [0, 0.05) is 39.5 Å². The van der Waals surface area contributed by atoms with E-state index < -0.39 is 23.3 Å². The van der Waals surface area contributed by atoms with Crippen molar-refractivity contribution in [2.45, 2.75) is 70.2 Å². The Morgan fingerprint density at radius 2 is 1.13 bits per heavy atom. The molecule has 0 saturated carbocycles. The molecule has 0 spiro atoms. The Kier molecular flexibility index (Phi) is 11.9. The molecule has 2 atom stereocenters. The Balaban J connectivity index is 1.97. The normalized spacial score (nSPS) is 13.3. The molecule has 3 aromatic rings. The molecule has 4 N–H and O–H groups in total. The first kappa shape index (κ1) is 35.2. The van der Waals surface area contributed by atoms with Gasteiger partial charge in [0.25, 0.3) is 0 Å². The topological polar surface area (TPSA) is 113 Å². The number of rotatable bonds is 13. The summed E-state index contributed by atoms with van der Waals surface area (Å²) in [6, 6.07) is 25.9. The van der Waals surface area contributed by atoms with Crippen LogP contribution in [0.25, 0.3) is 11.1 Å². The maximum absolute atomic E-state index is 14.4. The molecule has 0 heterocycles. The van der Waals surface area contributed by atoms with E-state index in [9.17, 15) is 14.4 Å². The third kappa shape index (κ3) is 10.1. The molecule has 0 aliphatic heterocycles. The lowest BCUT2D eigenvalue weighted by molar-refractivity contribution is -0.150. The molecule has 0 fully saturated rings. The van der Waals surface area contributed by atoms with Gasteiger partial charge < -0.3 is 26.2 Å². The highest BCUT2D eigenvalue weighted by Crippen LogP contribution is 2.22. The monoisotopic (exact) mass is 611 g/mol. The van der Waals surface area contributed by atoms with Crippen molar-refractivity contribution < 1.29 is 14.4 Å². The fraction of sp³-hybridized carbons (Fsp3) is 0.378. The van der Waals surface area contributed by atoms with Gasteiger partial charge in [0.2, 0.25) is 17.7 Å². The number of carbonyl (C=O) groups is 3. The Bertz CT molecular complexity index is 1440. The van der Waals surface area contributed by atoms with Crippen LogP contribution in [0.15, 0.2) is 97.1 Å². The van der Waals surface area contributed by atoms with Crippen molar-refractivity contribution in [3.8, 4) is 11.1 Å². The zero-order chi connectivity index (χ0) is 33.4. The quantitative estimate of drug-likeness (QED) is 0.216. The van der Waals surface area contributed by atoms with Crippen molar-refractivity contribution in [3.63, 3.8) is 0 Å². The first-order valence-corrected chi connectivity index (χ1v) is 15.3. The summed E-state index contributed by atoms with van der Waals surface area (Å²) in [5.74, 6) is -0.951. The molecule has 3 amide bonds. The van der Waals surface area contributed by atoms with Crippen molar-refractivity contribution in [1.29, 1.82) is 0 Å². The summed E-state index contributed by atoms with van der Waals surface area (Å²) in [6.45, 7) is 7.26. The summed E-state index contributed by atoms with van der Waals surface area (Å²) in [6.07, 6.45) is 4.26. The minimum absolute atomic E-state index is 0.265. The van der Waals surface area contributed by atoms with Gasteiger partial charge in [-0.2, -0.15) is 0 Å². The van der Waals surface area contributed by atoms with Gasteiger partial charge in [-0.05, 0) is 62.4 Å². The second-order valence-corrected chi connectivity index (χ2v) is 13.0. The predicted molar refractivity (Wildman–Crippen MR) is 182 cm³/mol. The van der Waals surface area contributed by atoms with Crippen LogP contribution in [0.2, 0.25) is 0 Å². The SMILES string of the molecule is CN(C(=O)/C=C/CC(C)(C)N)[C@H](Cc1ccc(-c2ccccc2)cc1)C(=O)N(C)[C@H](Cc1ccccc1)C(=O)N(C)C(C)(C)N. The van der Waals surface area contributed by atoms with Gasteiger partial charge in [-0.1, -0.05) is 91.0 Å². The van der Waals surface area contributed by atoms with Crippen molar-refractivity contribution in [2.75, 3.05) is 21.1 Å². The van der Waals surface area contributed by atoms with Crippen LogP contribution in [0.1, 0.15) is 45.2 Å². The number of nitrogens with two attached hydrogens (primary N) is 2. The third-order valence-electron chi connectivity index (χ3n) is 8.06. The van der Waals surface area contributed by atoms with Crippen molar-refractivity contribution >= 4 is 17.7 Å². The smallest absolute Gasteiger partial charge is 0.246 e. The largest absolute Gasteiger partial charge is 0.332 e. The summed E-state index contributed by atoms with van der Waals surface area (Å²) in [5.41, 5.74) is 14.9. The van der Waals surface area contributed by atoms with Gasteiger partial charge in [0.05, 0.1) is 5.66 Å². The number of nitrogens with zero attached hydrogens (tertiary/aromatic N) is 3. The van der Waals surface area contributed by atoms with E-state index in [4.69, 9.17) is 11.5 Å². The zero-order valence-corrected chi connectivity index (χ0v) is 27.7. The lowest BCUT2D eigenvalue weighted by Crippen LogP contribution is -2.60. The molecule has 0 saturated heterocycles. The minimum atomic E-state index is -0.940. The van der Waals surface area contributed by atoms with Crippen LogP contribution in [-0.4, -0.2) is 76.8 Å². The van der Waals surface area contributed by atoms with E-state index >= 15 is 0 Å². The molecular weight excluding hydrogens is 562 g/mol. The van der Waals surface area contributed by atoms with E-state index in [0.717, 1.165) is 22.3 Å². The minimum Gasteiger partial charge on any atom is -0.332 e. The maximum Gasteiger partial charge on any atom is 0.246 e. The van der Waals surface area contributed by atoms with Crippen LogP contribution in [-0.2, 0) is 27.2 Å². The second kappa shape index (κ2) is 15.1. The highest BCUT2D eigenvalue weighted by Gasteiger charge is 2.38. The number of amides is 3. The number of hydrogen-bond donors (Lipinski definition) is 2. The summed E-state index contributed by atoms with van der Waals surface area (Å²) < 4.78 is 0. The molecule has 0 aliphatic rings. The molecule has 3 aromatic carbocycles. The van der Waals surface area contributed by atoms with E-state index in [0.29, 0.717) is 12.8 Å². The van der Waals surface area contributed by atoms with Crippen LogP contribution >= 0.6 is 0 Å². The van der Waals surface area contributed by atoms with E-state index in [1.807, 2.05) is 98.8 Å². The highest BCUT2D eigenvalue weighted by molar-refractivity contribution is 5.95. The molecule has 45 heavy (non-hydrogen) atoms. The fourth-order valence-corrected chi connectivity index (χ4v) is 4.94. The van der Waals surface area contributed by atoms with Gasteiger partial charge in [-0.25, -0.2) is 0 Å². The molecule has 8 nitrogen and oxygen atoms in total. The van der Waals surface area contributed by atoms with Crippen LogP contribution in [0, 0.1) is 0 Å². The second-order valence-electron chi connectivity index (χ2n) is 13.0. The summed E-state index contributed by atoms with van der Waals surface area (Å²) >= 11 is 0. The summed E-state index contributed by atoms with van der Waals surface area (Å²) in [5, 5.41) is 0. The average Bonchev–Trinajstić information content (AvgIpc) is 3.01. The number of benzene rings is 3. The first-order valence-electron chi connectivity index (χ1n) is 15.3. The summed E-state index contributed by atoms with van der Waals surface area (Å²) in [4.78, 5) is 46.1. The zero-order valence-electron chi connectivity index (χ0n) is 27.7. The third-order valence-corrected chi connectivity index (χ3v) is 8.06. The van der Waals surface area contributed by atoms with Crippen LogP contribution in [0.3, 0.4) is 0 Å². The Morgan fingerprint density at radius 3 is 1.64 bits per heavy atom. The lowest BCUT2D eigenvalue weighted by Gasteiger charge is -2.39. The van der Waals surface area contributed by atoms with Gasteiger partial charge >= 0.3 is 0 Å². The van der Waals surface area contributed by atoms with Gasteiger partial charge in [-0.15, -0.1) is 0 Å². The predicted octanol–water partition coefficient (Wildman–Crippen LogP) is 4.63.